The standard InChI is InChI=1S/C32H46N3O11P/c1-3-4-17-28(29(36)37)35(2)30(33)34-47(40,45-22-11-20-41-31(38)43-24-18-26-13-7-5-8-14-26)46-23-12-21-42-32(39)44-25-19-27-15-9-6-10-16-27/h5-10,13-16,28H,3-4,11-12,17-25H2,1-2H3,(H,36,37)(H2,33,34,40). The number of likely N-dealkylation sites (N-methyl/N-ethyl adjacent to an activating group) is 1. The van der Waals surface area contributed by atoms with Gasteiger partial charge in [-0.3, -0.25) is 9.05 Å². The van der Waals surface area contributed by atoms with Gasteiger partial charge < -0.3 is 34.7 Å². The van der Waals surface area contributed by atoms with E-state index in [1.807, 2.05) is 67.6 Å². The Labute approximate surface area is 275 Å². The highest BCUT2D eigenvalue weighted by Crippen LogP contribution is 2.50. The van der Waals surface area contributed by atoms with E-state index < -0.39 is 32.1 Å². The third kappa shape index (κ3) is 16.8. The molecular weight excluding hydrogens is 633 g/mol. The molecule has 15 heteroatoms. The van der Waals surface area contributed by atoms with E-state index in [4.69, 9.17) is 33.7 Å². The molecule has 0 aliphatic rings. The topological polar surface area (TPSA) is 186 Å². The molecule has 47 heavy (non-hydrogen) atoms. The maximum atomic E-state index is 13.5. The van der Waals surface area contributed by atoms with E-state index in [-0.39, 0.29) is 58.4 Å². The van der Waals surface area contributed by atoms with E-state index in [1.165, 1.54) is 11.9 Å². The maximum absolute atomic E-state index is 13.5. The molecule has 2 aromatic carbocycles. The van der Waals surface area contributed by atoms with Gasteiger partial charge in [0, 0.05) is 32.7 Å². The fraction of sp³-hybridized carbons (Fsp3) is 0.500. The molecule has 0 aromatic heterocycles. The first-order valence-electron chi connectivity index (χ1n) is 15.5. The van der Waals surface area contributed by atoms with Crippen molar-refractivity contribution in [2.24, 2.45) is 10.5 Å². The summed E-state index contributed by atoms with van der Waals surface area (Å²) in [5.74, 6) is -1.47. The Hall–Kier alpha value is -4.13. The number of ether oxygens (including phenoxy) is 4. The molecular formula is C32H46N3O11P. The van der Waals surface area contributed by atoms with Crippen LogP contribution in [0.3, 0.4) is 0 Å². The average Bonchev–Trinajstić information content (AvgIpc) is 3.05. The number of hydrogen-bond donors (Lipinski definition) is 2. The zero-order valence-corrected chi connectivity index (χ0v) is 27.9. The van der Waals surface area contributed by atoms with Crippen LogP contribution < -0.4 is 5.73 Å². The molecule has 2 rings (SSSR count). The van der Waals surface area contributed by atoms with Crippen LogP contribution in [0.4, 0.5) is 9.59 Å². The zero-order valence-electron chi connectivity index (χ0n) is 27.0. The minimum absolute atomic E-state index is 0.0956. The summed E-state index contributed by atoms with van der Waals surface area (Å²) in [6.45, 7) is 1.63. The predicted octanol–water partition coefficient (Wildman–Crippen LogP) is 5.59. The van der Waals surface area contributed by atoms with Gasteiger partial charge in [0.25, 0.3) is 0 Å². The molecule has 0 saturated heterocycles. The minimum atomic E-state index is -4.27. The largest absolute Gasteiger partial charge is 0.508 e. The van der Waals surface area contributed by atoms with Crippen molar-refractivity contribution < 1.29 is 52.1 Å². The van der Waals surface area contributed by atoms with E-state index in [2.05, 4.69) is 4.76 Å². The number of carboxylic acid groups (broad SMARTS) is 1. The van der Waals surface area contributed by atoms with Crippen LogP contribution in [0.5, 0.6) is 0 Å². The summed E-state index contributed by atoms with van der Waals surface area (Å²) in [5, 5.41) is 9.65. The fourth-order valence-corrected chi connectivity index (χ4v) is 5.30. The lowest BCUT2D eigenvalue weighted by molar-refractivity contribution is -0.141. The van der Waals surface area contributed by atoms with Gasteiger partial charge in [-0.2, -0.15) is 0 Å². The van der Waals surface area contributed by atoms with Crippen molar-refractivity contribution in [3.8, 4) is 0 Å². The van der Waals surface area contributed by atoms with E-state index >= 15 is 0 Å². The second kappa shape index (κ2) is 22.4. The second-order valence-corrected chi connectivity index (χ2v) is 11.9. The van der Waals surface area contributed by atoms with Crippen molar-refractivity contribution in [3.63, 3.8) is 0 Å². The molecule has 0 aliphatic carbocycles. The zero-order chi connectivity index (χ0) is 34.3. The van der Waals surface area contributed by atoms with E-state index in [9.17, 15) is 24.1 Å². The quantitative estimate of drug-likeness (QED) is 0.0516. The van der Waals surface area contributed by atoms with Gasteiger partial charge in [0.2, 0.25) is 5.96 Å². The van der Waals surface area contributed by atoms with Crippen molar-refractivity contribution in [3.05, 3.63) is 71.8 Å². The molecule has 3 N–H and O–H groups in total. The van der Waals surface area contributed by atoms with Crippen LogP contribution in [0.15, 0.2) is 65.4 Å². The van der Waals surface area contributed by atoms with Crippen LogP contribution in [-0.4, -0.2) is 87.0 Å². The molecule has 0 aliphatic heterocycles. The third-order valence-electron chi connectivity index (χ3n) is 6.60. The number of rotatable bonds is 22. The van der Waals surface area contributed by atoms with E-state index in [0.29, 0.717) is 25.7 Å². The van der Waals surface area contributed by atoms with Gasteiger partial charge in [-0.25, -0.2) is 18.9 Å². The molecule has 1 atom stereocenters. The average molecular weight is 680 g/mol. The lowest BCUT2D eigenvalue weighted by atomic mass is 10.1. The summed E-state index contributed by atoms with van der Waals surface area (Å²) >= 11 is 0. The van der Waals surface area contributed by atoms with Crippen molar-refractivity contribution in [1.29, 1.82) is 0 Å². The van der Waals surface area contributed by atoms with Crippen LogP contribution in [0.1, 0.15) is 50.2 Å². The number of hydrogen-bond acceptors (Lipinski definition) is 10. The summed E-state index contributed by atoms with van der Waals surface area (Å²) in [5.41, 5.74) is 8.07. The van der Waals surface area contributed by atoms with Crippen molar-refractivity contribution in [2.45, 2.75) is 57.9 Å². The first-order chi connectivity index (χ1) is 22.6. The summed E-state index contributed by atoms with van der Waals surface area (Å²) in [4.78, 5) is 36.8. The van der Waals surface area contributed by atoms with Crippen LogP contribution in [0.25, 0.3) is 0 Å². The summed E-state index contributed by atoms with van der Waals surface area (Å²) in [6.07, 6.45) is 1.31. The number of guanidine groups is 1. The van der Waals surface area contributed by atoms with Crippen molar-refractivity contribution in [2.75, 3.05) is 46.7 Å². The number of carbonyl (C=O) groups excluding carboxylic acids is 2. The summed E-state index contributed by atoms with van der Waals surface area (Å²) in [7, 11) is -2.85. The number of nitrogens with two attached hydrogens (primary N) is 1. The number of nitrogens with zero attached hydrogens (tertiary/aromatic N) is 2. The van der Waals surface area contributed by atoms with Gasteiger partial charge >= 0.3 is 26.0 Å². The summed E-state index contributed by atoms with van der Waals surface area (Å²) < 4.78 is 48.5. The lowest BCUT2D eigenvalue weighted by Crippen LogP contribution is -2.46. The van der Waals surface area contributed by atoms with Gasteiger partial charge in [-0.05, 0) is 17.5 Å². The molecule has 1 unspecified atom stereocenters. The molecule has 0 spiro atoms. The highest BCUT2D eigenvalue weighted by atomic mass is 31.2. The Bertz CT molecular complexity index is 1210. The molecule has 2 aromatic rings. The van der Waals surface area contributed by atoms with Gasteiger partial charge in [-0.15, -0.1) is 4.76 Å². The molecule has 0 amide bonds. The van der Waals surface area contributed by atoms with Crippen LogP contribution in [0, 0.1) is 0 Å². The van der Waals surface area contributed by atoms with E-state index in [0.717, 1.165) is 17.5 Å². The Morgan fingerprint density at radius 3 is 1.64 bits per heavy atom. The monoisotopic (exact) mass is 679 g/mol. The van der Waals surface area contributed by atoms with Gasteiger partial charge in [0.15, 0.2) is 0 Å². The number of carbonyl (C=O) groups is 3. The van der Waals surface area contributed by atoms with Crippen LogP contribution >= 0.6 is 7.75 Å². The fourth-order valence-electron chi connectivity index (χ4n) is 4.00. The minimum Gasteiger partial charge on any atom is -0.480 e. The van der Waals surface area contributed by atoms with E-state index in [1.54, 1.807) is 0 Å². The number of benzene rings is 2. The van der Waals surface area contributed by atoms with Gasteiger partial charge in [-0.1, -0.05) is 80.4 Å². The van der Waals surface area contributed by atoms with Crippen LogP contribution in [0.2, 0.25) is 0 Å². The molecule has 0 heterocycles. The van der Waals surface area contributed by atoms with Crippen LogP contribution in [-0.2, 0) is 50.2 Å². The van der Waals surface area contributed by atoms with Crippen molar-refractivity contribution >= 4 is 32.0 Å². The highest BCUT2D eigenvalue weighted by Gasteiger charge is 2.29. The molecule has 0 fully saturated rings. The molecule has 0 saturated carbocycles. The first kappa shape index (κ1) is 39.1. The highest BCUT2D eigenvalue weighted by molar-refractivity contribution is 7.52. The summed E-state index contributed by atoms with van der Waals surface area (Å²) in [6, 6.07) is 18.0. The second-order valence-electron chi connectivity index (χ2n) is 10.3. The Morgan fingerprint density at radius 1 is 0.766 bits per heavy atom. The molecule has 14 nitrogen and oxygen atoms in total. The molecule has 260 valence electrons. The normalized spacial score (nSPS) is 12.2. The van der Waals surface area contributed by atoms with Gasteiger partial charge in [0.05, 0.1) is 39.6 Å². The first-order valence-corrected chi connectivity index (χ1v) is 17.0. The predicted molar refractivity (Wildman–Crippen MR) is 174 cm³/mol. The Kier molecular flexibility index (Phi) is 18.6. The van der Waals surface area contributed by atoms with Gasteiger partial charge in [0.1, 0.15) is 6.04 Å². The Balaban J connectivity index is 1.84. The number of carboxylic acids is 1. The Morgan fingerprint density at radius 2 is 1.21 bits per heavy atom. The number of unbranched alkanes of at least 4 members (excludes halogenated alkanes) is 1. The van der Waals surface area contributed by atoms with Crippen molar-refractivity contribution in [1.82, 2.24) is 4.90 Å². The maximum Gasteiger partial charge on any atom is 0.508 e. The smallest absolute Gasteiger partial charge is 0.480 e. The SMILES string of the molecule is CCCCC(C(=O)O)N(C)C(N)=NP(=O)(OCCCOC(=O)OCCc1ccccc1)OCCCOC(=O)OCCc1ccccc1. The third-order valence-corrected chi connectivity index (χ3v) is 8.07. The molecule has 0 bridgehead atoms. The molecule has 0 radical (unpaired) electrons. The lowest BCUT2D eigenvalue weighted by Gasteiger charge is -2.26. The number of aliphatic carboxylic acids is 1.